The smallest absolute Gasteiger partial charge is 0.230 e. The predicted molar refractivity (Wildman–Crippen MR) is 117 cm³/mol. The summed E-state index contributed by atoms with van der Waals surface area (Å²) in [5.41, 5.74) is 1.04. The number of hydrogen-bond acceptors (Lipinski definition) is 5. The van der Waals surface area contributed by atoms with Gasteiger partial charge in [0.05, 0.1) is 18.6 Å². The van der Waals surface area contributed by atoms with Crippen molar-refractivity contribution < 1.29 is 9.21 Å². The topological polar surface area (TPSA) is 73.0 Å². The summed E-state index contributed by atoms with van der Waals surface area (Å²) in [6.45, 7) is 0.395. The average Bonchev–Trinajstić information content (AvgIpc) is 3.42. The lowest BCUT2D eigenvalue weighted by molar-refractivity contribution is -0.118. The van der Waals surface area contributed by atoms with Crippen LogP contribution >= 0.6 is 27.7 Å². The fourth-order valence-corrected chi connectivity index (χ4v) is 4.72. The van der Waals surface area contributed by atoms with E-state index >= 15 is 0 Å². The molecular weight excluding hydrogens is 452 g/mol. The highest BCUT2D eigenvalue weighted by Crippen LogP contribution is 2.35. The third-order valence-electron chi connectivity index (χ3n) is 5.08. The van der Waals surface area contributed by atoms with Crippen LogP contribution in [0.1, 0.15) is 43.9 Å². The third-order valence-corrected chi connectivity index (χ3v) is 6.55. The zero-order valence-electron chi connectivity index (χ0n) is 16.0. The number of benzene rings is 1. The molecule has 1 saturated carbocycles. The number of carbonyl (C=O) groups excluding carboxylic acids is 1. The molecular formula is C21H23BrN4O2S. The van der Waals surface area contributed by atoms with Crippen molar-refractivity contribution in [2.75, 3.05) is 5.75 Å². The number of hydrogen-bond donors (Lipinski definition) is 1. The first kappa shape index (κ1) is 20.2. The molecule has 0 aliphatic heterocycles. The molecule has 1 aliphatic rings. The lowest BCUT2D eigenvalue weighted by Crippen LogP contribution is -2.24. The van der Waals surface area contributed by atoms with E-state index in [0.29, 0.717) is 18.3 Å². The van der Waals surface area contributed by atoms with Crippen LogP contribution < -0.4 is 5.32 Å². The van der Waals surface area contributed by atoms with E-state index in [1.165, 1.54) is 31.0 Å². The van der Waals surface area contributed by atoms with Gasteiger partial charge in [-0.1, -0.05) is 59.1 Å². The highest BCUT2D eigenvalue weighted by atomic mass is 79.9. The second kappa shape index (κ2) is 9.63. The van der Waals surface area contributed by atoms with E-state index in [0.717, 1.165) is 39.6 Å². The first-order valence-corrected chi connectivity index (χ1v) is 11.6. The van der Waals surface area contributed by atoms with Gasteiger partial charge >= 0.3 is 0 Å². The summed E-state index contributed by atoms with van der Waals surface area (Å²) in [7, 11) is 0. The number of nitrogens with one attached hydrogen (secondary N) is 1. The Morgan fingerprint density at radius 2 is 1.97 bits per heavy atom. The zero-order valence-corrected chi connectivity index (χ0v) is 18.4. The normalized spacial score (nSPS) is 14.8. The summed E-state index contributed by atoms with van der Waals surface area (Å²) < 4.78 is 8.53. The first-order valence-electron chi connectivity index (χ1n) is 9.83. The Morgan fingerprint density at radius 3 is 2.69 bits per heavy atom. The van der Waals surface area contributed by atoms with Gasteiger partial charge in [0.25, 0.3) is 0 Å². The van der Waals surface area contributed by atoms with Gasteiger partial charge in [-0.15, -0.1) is 10.2 Å². The Balaban J connectivity index is 1.49. The van der Waals surface area contributed by atoms with Gasteiger partial charge in [-0.25, -0.2) is 0 Å². The second-order valence-corrected chi connectivity index (χ2v) is 8.98. The summed E-state index contributed by atoms with van der Waals surface area (Å²) in [6, 6.07) is 12.2. The van der Waals surface area contributed by atoms with Gasteiger partial charge < -0.3 is 9.73 Å². The number of halogens is 1. The molecule has 0 atom stereocenters. The minimum absolute atomic E-state index is 0.0465. The molecule has 1 aromatic carbocycles. The maximum absolute atomic E-state index is 12.3. The van der Waals surface area contributed by atoms with Crippen molar-refractivity contribution in [3.63, 3.8) is 0 Å². The molecule has 0 spiro atoms. The van der Waals surface area contributed by atoms with Gasteiger partial charge in [0.2, 0.25) is 5.91 Å². The van der Waals surface area contributed by atoms with E-state index < -0.39 is 0 Å². The van der Waals surface area contributed by atoms with Crippen molar-refractivity contribution in [2.45, 2.75) is 49.8 Å². The van der Waals surface area contributed by atoms with Crippen molar-refractivity contribution in [3.05, 3.63) is 52.9 Å². The Morgan fingerprint density at radius 1 is 1.17 bits per heavy atom. The Kier molecular flexibility index (Phi) is 6.71. The van der Waals surface area contributed by atoms with Crippen molar-refractivity contribution in [1.29, 1.82) is 0 Å². The van der Waals surface area contributed by atoms with Crippen molar-refractivity contribution in [3.8, 4) is 11.4 Å². The van der Waals surface area contributed by atoms with Crippen LogP contribution in [-0.4, -0.2) is 26.4 Å². The minimum Gasteiger partial charge on any atom is -0.467 e. The summed E-state index contributed by atoms with van der Waals surface area (Å²) in [5, 5.41) is 12.6. The third kappa shape index (κ3) is 5.11. The molecule has 0 unspecified atom stereocenters. The lowest BCUT2D eigenvalue weighted by Gasteiger charge is -2.25. The molecule has 3 aromatic rings. The number of thioether (sulfide) groups is 1. The molecule has 152 valence electrons. The minimum atomic E-state index is -0.0465. The predicted octanol–water partition coefficient (Wildman–Crippen LogP) is 5.21. The molecule has 29 heavy (non-hydrogen) atoms. The van der Waals surface area contributed by atoms with Crippen LogP contribution in [-0.2, 0) is 11.3 Å². The molecule has 1 fully saturated rings. The number of carbonyl (C=O) groups is 1. The Bertz CT molecular complexity index is 934. The van der Waals surface area contributed by atoms with E-state index in [1.54, 1.807) is 6.26 Å². The monoisotopic (exact) mass is 474 g/mol. The average molecular weight is 475 g/mol. The number of furan rings is 1. The van der Waals surface area contributed by atoms with Crippen LogP contribution in [0.5, 0.6) is 0 Å². The summed E-state index contributed by atoms with van der Waals surface area (Å²) >= 11 is 4.93. The molecule has 4 rings (SSSR count). The van der Waals surface area contributed by atoms with Crippen LogP contribution in [0, 0.1) is 0 Å². The molecule has 1 N–H and O–H groups in total. The van der Waals surface area contributed by atoms with Gasteiger partial charge in [0, 0.05) is 16.1 Å². The van der Waals surface area contributed by atoms with E-state index in [2.05, 4.69) is 48.1 Å². The Hall–Kier alpha value is -2.06. The first-order chi connectivity index (χ1) is 14.2. The highest BCUT2D eigenvalue weighted by molar-refractivity contribution is 9.10. The zero-order chi connectivity index (χ0) is 20.1. The van der Waals surface area contributed by atoms with E-state index in [-0.39, 0.29) is 5.91 Å². The van der Waals surface area contributed by atoms with Gasteiger partial charge in [0.1, 0.15) is 5.76 Å². The van der Waals surface area contributed by atoms with Gasteiger partial charge in [-0.05, 0) is 37.1 Å². The molecule has 0 saturated heterocycles. The second-order valence-electron chi connectivity index (χ2n) is 7.12. The number of amides is 1. The maximum atomic E-state index is 12.3. The fourth-order valence-electron chi connectivity index (χ4n) is 3.62. The molecule has 2 aromatic heterocycles. The summed E-state index contributed by atoms with van der Waals surface area (Å²) in [4.78, 5) is 12.3. The van der Waals surface area contributed by atoms with Gasteiger partial charge in [-0.3, -0.25) is 9.36 Å². The van der Waals surface area contributed by atoms with E-state index in [1.807, 2.05) is 24.3 Å². The van der Waals surface area contributed by atoms with Gasteiger partial charge in [-0.2, -0.15) is 0 Å². The van der Waals surface area contributed by atoms with Gasteiger partial charge in [0.15, 0.2) is 11.0 Å². The van der Waals surface area contributed by atoms with Crippen LogP contribution in [0.15, 0.2) is 56.7 Å². The van der Waals surface area contributed by atoms with Crippen molar-refractivity contribution in [2.24, 2.45) is 0 Å². The Labute approximate surface area is 182 Å². The molecule has 0 bridgehead atoms. The van der Waals surface area contributed by atoms with Crippen LogP contribution in [0.3, 0.4) is 0 Å². The number of rotatable bonds is 7. The summed E-state index contributed by atoms with van der Waals surface area (Å²) in [5.74, 6) is 1.87. The standard InChI is InChI=1S/C21H23BrN4O2S/c22-16-10-8-15(9-11-16)20-24-25-21(26(20)17-5-2-1-3-6-17)29-14-19(27)23-13-18-7-4-12-28-18/h4,7-12,17H,1-3,5-6,13-14H2,(H,23,27). The fraction of sp³-hybridized carbons (Fsp3) is 0.381. The SMILES string of the molecule is O=C(CSc1nnc(-c2ccc(Br)cc2)n1C1CCCCC1)NCc1ccco1. The molecule has 2 heterocycles. The van der Waals surface area contributed by atoms with Crippen LogP contribution in [0.2, 0.25) is 0 Å². The quantitative estimate of drug-likeness (QED) is 0.475. The lowest BCUT2D eigenvalue weighted by atomic mass is 9.95. The maximum Gasteiger partial charge on any atom is 0.230 e. The largest absolute Gasteiger partial charge is 0.467 e. The van der Waals surface area contributed by atoms with Crippen molar-refractivity contribution in [1.82, 2.24) is 20.1 Å². The number of aromatic nitrogens is 3. The van der Waals surface area contributed by atoms with Crippen LogP contribution in [0.25, 0.3) is 11.4 Å². The highest BCUT2D eigenvalue weighted by Gasteiger charge is 2.24. The molecule has 1 amide bonds. The molecule has 8 heteroatoms. The van der Waals surface area contributed by atoms with Crippen LogP contribution in [0.4, 0.5) is 0 Å². The molecule has 6 nitrogen and oxygen atoms in total. The molecule has 1 aliphatic carbocycles. The number of nitrogens with zero attached hydrogens (tertiary/aromatic N) is 3. The molecule has 0 radical (unpaired) electrons. The van der Waals surface area contributed by atoms with E-state index in [4.69, 9.17) is 4.42 Å². The summed E-state index contributed by atoms with van der Waals surface area (Å²) in [6.07, 6.45) is 7.57. The van der Waals surface area contributed by atoms with Crippen molar-refractivity contribution >= 4 is 33.6 Å². The van der Waals surface area contributed by atoms with E-state index in [9.17, 15) is 4.79 Å².